The molecule has 0 spiro atoms. The molecule has 0 saturated carbocycles. The third-order valence-corrected chi connectivity index (χ3v) is 6.39. The summed E-state index contributed by atoms with van der Waals surface area (Å²) < 4.78 is 10.7. The minimum Gasteiger partial charge on any atom is -0.479 e. The van der Waals surface area contributed by atoms with Gasteiger partial charge in [0.1, 0.15) is 6.61 Å². The summed E-state index contributed by atoms with van der Waals surface area (Å²) in [4.78, 5) is 36.1. The molecule has 3 aromatic rings. The van der Waals surface area contributed by atoms with Gasteiger partial charge in [-0.3, -0.25) is 10.1 Å². The Hall–Kier alpha value is -4.17. The standard InChI is InChI=1S/C27H24N2O6/c30-25(29-23-13-14-34-24(23)26(31)32)16-9-11-17(12-10-16)28-27(33)35-15-22-20-7-3-1-5-18(20)19-6-2-4-8-21(19)22/h1-12,22-24H,13-15H2,(H,28,33)(H,29,30)(H,31,32). The lowest BCUT2D eigenvalue weighted by atomic mass is 9.98. The van der Waals surface area contributed by atoms with E-state index in [1.54, 1.807) is 24.3 Å². The van der Waals surface area contributed by atoms with Crippen molar-refractivity contribution in [2.45, 2.75) is 24.5 Å². The van der Waals surface area contributed by atoms with Crippen LogP contribution in [0.4, 0.5) is 10.5 Å². The van der Waals surface area contributed by atoms with Gasteiger partial charge in [0, 0.05) is 23.8 Å². The fraction of sp³-hybridized carbons (Fsp3) is 0.222. The van der Waals surface area contributed by atoms with E-state index in [1.165, 1.54) is 0 Å². The number of hydrogen-bond acceptors (Lipinski definition) is 5. The molecule has 35 heavy (non-hydrogen) atoms. The average molecular weight is 472 g/mol. The molecule has 0 aromatic heterocycles. The topological polar surface area (TPSA) is 114 Å². The molecule has 2 amide bonds. The van der Waals surface area contributed by atoms with Crippen LogP contribution < -0.4 is 10.6 Å². The van der Waals surface area contributed by atoms with Gasteiger partial charge >= 0.3 is 12.1 Å². The molecular formula is C27H24N2O6. The van der Waals surface area contributed by atoms with Crippen molar-refractivity contribution in [2.75, 3.05) is 18.5 Å². The number of amides is 2. The number of hydrogen-bond donors (Lipinski definition) is 3. The summed E-state index contributed by atoms with van der Waals surface area (Å²) in [7, 11) is 0. The van der Waals surface area contributed by atoms with E-state index in [4.69, 9.17) is 14.6 Å². The molecule has 2 unspecified atom stereocenters. The number of ether oxygens (including phenoxy) is 2. The Morgan fingerprint density at radius 2 is 1.54 bits per heavy atom. The molecule has 3 aromatic carbocycles. The van der Waals surface area contributed by atoms with E-state index < -0.39 is 30.1 Å². The maximum absolute atomic E-state index is 12.5. The zero-order chi connectivity index (χ0) is 24.4. The van der Waals surface area contributed by atoms with Crippen molar-refractivity contribution < 1.29 is 29.0 Å². The maximum Gasteiger partial charge on any atom is 0.411 e. The predicted octanol–water partition coefficient (Wildman–Crippen LogP) is 4.02. The Bertz CT molecular complexity index is 1230. The van der Waals surface area contributed by atoms with Gasteiger partial charge in [-0.05, 0) is 52.9 Å². The third-order valence-electron chi connectivity index (χ3n) is 6.39. The zero-order valence-corrected chi connectivity index (χ0v) is 18.8. The van der Waals surface area contributed by atoms with Gasteiger partial charge in [-0.25, -0.2) is 9.59 Å². The van der Waals surface area contributed by atoms with Crippen molar-refractivity contribution in [1.29, 1.82) is 0 Å². The normalized spacial score (nSPS) is 18.4. The van der Waals surface area contributed by atoms with Gasteiger partial charge in [-0.1, -0.05) is 48.5 Å². The third kappa shape index (κ3) is 4.61. The number of aliphatic carboxylic acids is 1. The summed E-state index contributed by atoms with van der Waals surface area (Å²) >= 11 is 0. The van der Waals surface area contributed by atoms with Crippen LogP contribution in [0.5, 0.6) is 0 Å². The molecule has 0 radical (unpaired) electrons. The Balaban J connectivity index is 1.18. The first kappa shape index (κ1) is 22.6. The summed E-state index contributed by atoms with van der Waals surface area (Å²) in [5.74, 6) is -1.54. The van der Waals surface area contributed by atoms with Gasteiger partial charge in [-0.15, -0.1) is 0 Å². The molecule has 8 heteroatoms. The van der Waals surface area contributed by atoms with Crippen LogP contribution in [0.2, 0.25) is 0 Å². The van der Waals surface area contributed by atoms with Crippen LogP contribution >= 0.6 is 0 Å². The summed E-state index contributed by atoms with van der Waals surface area (Å²) in [6, 6.07) is 22.0. The minimum atomic E-state index is -1.10. The fourth-order valence-corrected chi connectivity index (χ4v) is 4.69. The van der Waals surface area contributed by atoms with E-state index in [0.29, 0.717) is 17.7 Å². The highest BCUT2D eigenvalue weighted by atomic mass is 16.5. The van der Waals surface area contributed by atoms with Crippen LogP contribution in [-0.2, 0) is 14.3 Å². The molecule has 1 heterocycles. The van der Waals surface area contributed by atoms with Crippen LogP contribution in [0.25, 0.3) is 11.1 Å². The van der Waals surface area contributed by atoms with E-state index in [9.17, 15) is 14.4 Å². The Morgan fingerprint density at radius 3 is 2.17 bits per heavy atom. The van der Waals surface area contributed by atoms with Gasteiger partial charge in [0.05, 0.1) is 6.04 Å². The SMILES string of the molecule is O=C(Nc1ccc(C(=O)NC2CCOC2C(=O)O)cc1)OCC1c2ccccc2-c2ccccc21. The number of rotatable bonds is 6. The predicted molar refractivity (Wildman–Crippen MR) is 128 cm³/mol. The van der Waals surface area contributed by atoms with Crippen molar-refractivity contribution in [3.05, 3.63) is 89.5 Å². The highest BCUT2D eigenvalue weighted by Crippen LogP contribution is 2.44. The largest absolute Gasteiger partial charge is 0.479 e. The van der Waals surface area contributed by atoms with Crippen LogP contribution in [0.15, 0.2) is 72.8 Å². The second kappa shape index (κ2) is 9.60. The van der Waals surface area contributed by atoms with Crippen molar-refractivity contribution in [3.8, 4) is 11.1 Å². The zero-order valence-electron chi connectivity index (χ0n) is 18.8. The second-order valence-electron chi connectivity index (χ2n) is 8.53. The molecule has 1 aliphatic heterocycles. The highest BCUT2D eigenvalue weighted by Gasteiger charge is 2.35. The molecule has 0 bridgehead atoms. The molecule has 1 fully saturated rings. The van der Waals surface area contributed by atoms with Crippen molar-refractivity contribution in [2.24, 2.45) is 0 Å². The molecular weight excluding hydrogens is 448 g/mol. The molecule has 1 saturated heterocycles. The lowest BCUT2D eigenvalue weighted by Gasteiger charge is -2.16. The monoisotopic (exact) mass is 472 g/mol. The van der Waals surface area contributed by atoms with Crippen molar-refractivity contribution >= 4 is 23.7 Å². The summed E-state index contributed by atoms with van der Waals surface area (Å²) in [5.41, 5.74) is 5.41. The number of nitrogens with one attached hydrogen (secondary N) is 2. The van der Waals surface area contributed by atoms with Gasteiger partial charge < -0.3 is 19.9 Å². The van der Waals surface area contributed by atoms with Gasteiger partial charge in [0.2, 0.25) is 0 Å². The van der Waals surface area contributed by atoms with Gasteiger partial charge in [-0.2, -0.15) is 0 Å². The Kier molecular flexibility index (Phi) is 6.20. The molecule has 178 valence electrons. The first-order chi connectivity index (χ1) is 17.0. The summed E-state index contributed by atoms with van der Waals surface area (Å²) in [6.45, 7) is 0.486. The Labute approximate surface area is 201 Å². The lowest BCUT2D eigenvalue weighted by Crippen LogP contribution is -2.44. The van der Waals surface area contributed by atoms with Crippen LogP contribution in [0, 0.1) is 0 Å². The molecule has 2 atom stereocenters. The van der Waals surface area contributed by atoms with E-state index in [2.05, 4.69) is 34.9 Å². The van der Waals surface area contributed by atoms with Crippen molar-refractivity contribution in [1.82, 2.24) is 5.32 Å². The summed E-state index contributed by atoms with van der Waals surface area (Å²) in [5, 5.41) is 14.6. The quantitative estimate of drug-likeness (QED) is 0.499. The van der Waals surface area contributed by atoms with Gasteiger partial charge in [0.15, 0.2) is 6.10 Å². The average Bonchev–Trinajstić information content (AvgIpc) is 3.46. The van der Waals surface area contributed by atoms with Crippen LogP contribution in [0.3, 0.4) is 0 Å². The number of anilines is 1. The number of carbonyl (C=O) groups is 3. The number of carboxylic acid groups (broad SMARTS) is 1. The van der Waals surface area contributed by atoms with Crippen LogP contribution in [0.1, 0.15) is 33.8 Å². The number of fused-ring (bicyclic) bond motifs is 3. The molecule has 5 rings (SSSR count). The Morgan fingerprint density at radius 1 is 0.914 bits per heavy atom. The molecule has 3 N–H and O–H groups in total. The van der Waals surface area contributed by atoms with Crippen LogP contribution in [-0.4, -0.2) is 48.4 Å². The number of benzene rings is 3. The highest BCUT2D eigenvalue weighted by molar-refractivity contribution is 5.95. The number of carboxylic acids is 1. The molecule has 2 aliphatic rings. The van der Waals surface area contributed by atoms with E-state index in [1.807, 2.05) is 24.3 Å². The smallest absolute Gasteiger partial charge is 0.411 e. The first-order valence-electron chi connectivity index (χ1n) is 11.4. The first-order valence-corrected chi connectivity index (χ1v) is 11.4. The van der Waals surface area contributed by atoms with Gasteiger partial charge in [0.25, 0.3) is 5.91 Å². The van der Waals surface area contributed by atoms with E-state index in [-0.39, 0.29) is 19.1 Å². The second-order valence-corrected chi connectivity index (χ2v) is 8.53. The lowest BCUT2D eigenvalue weighted by molar-refractivity contribution is -0.148. The van der Waals surface area contributed by atoms with E-state index in [0.717, 1.165) is 22.3 Å². The minimum absolute atomic E-state index is 0.0339. The maximum atomic E-state index is 12.5. The van der Waals surface area contributed by atoms with E-state index >= 15 is 0 Å². The summed E-state index contributed by atoms with van der Waals surface area (Å²) in [6.07, 6.45) is -1.20. The number of carbonyl (C=O) groups excluding carboxylic acids is 2. The van der Waals surface area contributed by atoms with Crippen molar-refractivity contribution in [3.63, 3.8) is 0 Å². The molecule has 1 aliphatic carbocycles. The molecule has 8 nitrogen and oxygen atoms in total. The fourth-order valence-electron chi connectivity index (χ4n) is 4.69.